The first kappa shape index (κ1) is 13.1. The van der Waals surface area contributed by atoms with Gasteiger partial charge in [0, 0.05) is 30.9 Å². The molecular formula is C16H17NO2. The number of rotatable bonds is 4. The molecule has 3 heteroatoms. The van der Waals surface area contributed by atoms with Crippen LogP contribution in [0.2, 0.25) is 0 Å². The summed E-state index contributed by atoms with van der Waals surface area (Å²) in [6, 6.07) is 14.8. The quantitative estimate of drug-likeness (QED) is 0.787. The number of anilines is 1. The van der Waals surface area contributed by atoms with E-state index >= 15 is 0 Å². The Morgan fingerprint density at radius 2 is 1.68 bits per heavy atom. The molecule has 0 unspecified atom stereocenters. The van der Waals surface area contributed by atoms with Gasteiger partial charge >= 0.3 is 0 Å². The van der Waals surface area contributed by atoms with E-state index in [9.17, 15) is 4.79 Å². The van der Waals surface area contributed by atoms with Gasteiger partial charge in [0.05, 0.1) is 7.11 Å². The highest BCUT2D eigenvalue weighted by molar-refractivity contribution is 6.09. The van der Waals surface area contributed by atoms with Gasteiger partial charge in [-0.25, -0.2) is 0 Å². The third kappa shape index (κ3) is 2.94. The van der Waals surface area contributed by atoms with Crippen LogP contribution in [0.5, 0.6) is 5.75 Å². The lowest BCUT2D eigenvalue weighted by Gasteiger charge is -2.12. The van der Waals surface area contributed by atoms with Crippen molar-refractivity contribution in [3.8, 4) is 5.75 Å². The van der Waals surface area contributed by atoms with Gasteiger partial charge in [-0.2, -0.15) is 0 Å². The lowest BCUT2D eigenvalue weighted by Crippen LogP contribution is -2.09. The fraction of sp³-hybridized carbons (Fsp3) is 0.188. The molecular weight excluding hydrogens is 238 g/mol. The topological polar surface area (TPSA) is 29.5 Å². The molecule has 0 fully saturated rings. The summed E-state index contributed by atoms with van der Waals surface area (Å²) < 4.78 is 5.13. The maximum absolute atomic E-state index is 12.3. The number of ether oxygens (including phenoxy) is 1. The summed E-state index contributed by atoms with van der Waals surface area (Å²) in [7, 11) is 5.53. The number of nitrogens with zero attached hydrogens (tertiary/aromatic N) is 1. The number of carbonyl (C=O) groups is 1. The summed E-state index contributed by atoms with van der Waals surface area (Å²) in [5.74, 6) is 0.694. The predicted molar refractivity (Wildman–Crippen MR) is 77.2 cm³/mol. The monoisotopic (exact) mass is 255 g/mol. The van der Waals surface area contributed by atoms with Gasteiger partial charge in [-0.3, -0.25) is 4.79 Å². The normalized spacial score (nSPS) is 10.1. The lowest BCUT2D eigenvalue weighted by molar-refractivity contribution is 0.103. The molecule has 3 nitrogen and oxygen atoms in total. The molecule has 2 aromatic rings. The third-order valence-electron chi connectivity index (χ3n) is 2.98. The van der Waals surface area contributed by atoms with E-state index in [-0.39, 0.29) is 5.78 Å². The van der Waals surface area contributed by atoms with Crippen LogP contribution in [0.4, 0.5) is 5.69 Å². The molecule has 2 aromatic carbocycles. The van der Waals surface area contributed by atoms with Gasteiger partial charge in [0.2, 0.25) is 0 Å². The number of methoxy groups -OCH3 is 1. The van der Waals surface area contributed by atoms with Crippen molar-refractivity contribution in [3.63, 3.8) is 0 Å². The SMILES string of the molecule is COc1cccc(C(=O)c2ccc(N(C)C)cc2)c1. The minimum Gasteiger partial charge on any atom is -0.497 e. The van der Waals surface area contributed by atoms with Gasteiger partial charge in [-0.05, 0) is 36.4 Å². The van der Waals surface area contributed by atoms with Crippen LogP contribution in [0.25, 0.3) is 0 Å². The second kappa shape index (κ2) is 5.57. The third-order valence-corrected chi connectivity index (χ3v) is 2.98. The maximum atomic E-state index is 12.3. The Morgan fingerprint density at radius 3 is 2.26 bits per heavy atom. The summed E-state index contributed by atoms with van der Waals surface area (Å²) >= 11 is 0. The number of hydrogen-bond acceptors (Lipinski definition) is 3. The average Bonchev–Trinajstić information content (AvgIpc) is 2.46. The van der Waals surface area contributed by atoms with E-state index in [2.05, 4.69) is 0 Å². The maximum Gasteiger partial charge on any atom is 0.193 e. The summed E-state index contributed by atoms with van der Waals surface area (Å²) in [4.78, 5) is 14.3. The molecule has 0 atom stereocenters. The van der Waals surface area contributed by atoms with E-state index in [0.29, 0.717) is 16.9 Å². The van der Waals surface area contributed by atoms with Crippen LogP contribution in [0.3, 0.4) is 0 Å². The Morgan fingerprint density at radius 1 is 1.00 bits per heavy atom. The smallest absolute Gasteiger partial charge is 0.193 e. The molecule has 0 bridgehead atoms. The first-order chi connectivity index (χ1) is 9.11. The second-order valence-electron chi connectivity index (χ2n) is 4.50. The van der Waals surface area contributed by atoms with E-state index in [1.807, 2.05) is 55.4 Å². The average molecular weight is 255 g/mol. The first-order valence-electron chi connectivity index (χ1n) is 6.08. The van der Waals surface area contributed by atoms with Crippen LogP contribution in [0.15, 0.2) is 48.5 Å². The Kier molecular flexibility index (Phi) is 3.85. The number of carbonyl (C=O) groups excluding carboxylic acids is 1. The van der Waals surface area contributed by atoms with Crippen LogP contribution in [0.1, 0.15) is 15.9 Å². The Labute approximate surface area is 113 Å². The van der Waals surface area contributed by atoms with Gasteiger partial charge in [0.1, 0.15) is 5.75 Å². The lowest BCUT2D eigenvalue weighted by atomic mass is 10.0. The molecule has 0 aromatic heterocycles. The van der Waals surface area contributed by atoms with E-state index in [1.54, 1.807) is 19.2 Å². The Bertz CT molecular complexity index is 574. The second-order valence-corrected chi connectivity index (χ2v) is 4.50. The molecule has 98 valence electrons. The minimum atomic E-state index is 0.00389. The van der Waals surface area contributed by atoms with E-state index in [1.165, 1.54) is 0 Å². The highest BCUT2D eigenvalue weighted by atomic mass is 16.5. The van der Waals surface area contributed by atoms with Crippen molar-refractivity contribution in [3.05, 3.63) is 59.7 Å². The van der Waals surface area contributed by atoms with Crippen LogP contribution in [-0.2, 0) is 0 Å². The predicted octanol–water partition coefficient (Wildman–Crippen LogP) is 2.99. The van der Waals surface area contributed by atoms with Gasteiger partial charge in [0.25, 0.3) is 0 Å². The van der Waals surface area contributed by atoms with Gasteiger partial charge in [-0.1, -0.05) is 12.1 Å². The highest BCUT2D eigenvalue weighted by Gasteiger charge is 2.09. The summed E-state index contributed by atoms with van der Waals surface area (Å²) in [5.41, 5.74) is 2.39. The van der Waals surface area contributed by atoms with E-state index < -0.39 is 0 Å². The van der Waals surface area contributed by atoms with E-state index in [4.69, 9.17) is 4.74 Å². The molecule has 0 saturated carbocycles. The largest absolute Gasteiger partial charge is 0.497 e. The van der Waals surface area contributed by atoms with E-state index in [0.717, 1.165) is 5.69 Å². The first-order valence-corrected chi connectivity index (χ1v) is 6.08. The van der Waals surface area contributed by atoms with Gasteiger partial charge in [-0.15, -0.1) is 0 Å². The zero-order valence-electron chi connectivity index (χ0n) is 11.4. The molecule has 2 rings (SSSR count). The number of hydrogen-bond donors (Lipinski definition) is 0. The van der Waals surface area contributed by atoms with Crippen LogP contribution >= 0.6 is 0 Å². The molecule has 19 heavy (non-hydrogen) atoms. The van der Waals surface area contributed by atoms with Crippen LogP contribution in [-0.4, -0.2) is 27.0 Å². The molecule has 0 amide bonds. The highest BCUT2D eigenvalue weighted by Crippen LogP contribution is 2.18. The van der Waals surface area contributed by atoms with Crippen LogP contribution < -0.4 is 9.64 Å². The standard InChI is InChI=1S/C16H17NO2/c1-17(2)14-9-7-12(8-10-14)16(18)13-5-4-6-15(11-13)19-3/h4-11H,1-3H3. The molecule has 0 spiro atoms. The van der Waals surface area contributed by atoms with Gasteiger partial charge in [0.15, 0.2) is 5.78 Å². The molecule has 0 aliphatic heterocycles. The van der Waals surface area contributed by atoms with Crippen molar-refractivity contribution in [2.24, 2.45) is 0 Å². The molecule has 0 N–H and O–H groups in total. The minimum absolute atomic E-state index is 0.00389. The summed E-state index contributed by atoms with van der Waals surface area (Å²) in [6.45, 7) is 0. The number of ketones is 1. The molecule has 0 saturated heterocycles. The van der Waals surface area contributed by atoms with Crippen LogP contribution in [0, 0.1) is 0 Å². The van der Waals surface area contributed by atoms with Crippen molar-refractivity contribution in [1.82, 2.24) is 0 Å². The fourth-order valence-electron chi connectivity index (χ4n) is 1.84. The zero-order chi connectivity index (χ0) is 13.8. The fourth-order valence-corrected chi connectivity index (χ4v) is 1.84. The molecule has 0 aliphatic rings. The van der Waals surface area contributed by atoms with Crippen molar-refractivity contribution in [2.75, 3.05) is 26.1 Å². The zero-order valence-corrected chi connectivity index (χ0v) is 11.4. The number of benzene rings is 2. The molecule has 0 radical (unpaired) electrons. The summed E-state index contributed by atoms with van der Waals surface area (Å²) in [5, 5.41) is 0. The van der Waals surface area contributed by atoms with Gasteiger partial charge < -0.3 is 9.64 Å². The Hall–Kier alpha value is -2.29. The van der Waals surface area contributed by atoms with Crippen molar-refractivity contribution in [2.45, 2.75) is 0 Å². The Balaban J connectivity index is 2.28. The molecule has 0 aliphatic carbocycles. The summed E-state index contributed by atoms with van der Waals surface area (Å²) in [6.07, 6.45) is 0. The molecule has 0 heterocycles. The van der Waals surface area contributed by atoms with Crippen molar-refractivity contribution in [1.29, 1.82) is 0 Å². The van der Waals surface area contributed by atoms with Crippen molar-refractivity contribution >= 4 is 11.5 Å². The van der Waals surface area contributed by atoms with Crippen molar-refractivity contribution < 1.29 is 9.53 Å².